The van der Waals surface area contributed by atoms with Crippen LogP contribution in [0.2, 0.25) is 0 Å². The third-order valence-corrected chi connectivity index (χ3v) is 5.45. The minimum atomic E-state index is -0.554. The van der Waals surface area contributed by atoms with E-state index in [0.29, 0.717) is 27.3 Å². The number of furan rings is 1. The number of hydrogen-bond acceptors (Lipinski definition) is 8. The number of aliphatic imine (C=N–C) groups is 1. The topological polar surface area (TPSA) is 99.4 Å². The summed E-state index contributed by atoms with van der Waals surface area (Å²) in [6, 6.07) is 17.9. The molecule has 0 unspecified atom stereocenters. The SMILES string of the molecule is COC(=O)c1ccc(COc2ccc(/C=C3/SC(=Nc4ccccc4)NC3=O)cc2OC)o1. The molecule has 9 heteroatoms. The summed E-state index contributed by atoms with van der Waals surface area (Å²) in [6.45, 7) is 0.103. The van der Waals surface area contributed by atoms with E-state index in [1.165, 1.54) is 32.0 Å². The zero-order chi connectivity index (χ0) is 23.2. The van der Waals surface area contributed by atoms with Gasteiger partial charge in [-0.05, 0) is 59.8 Å². The molecule has 1 fully saturated rings. The molecule has 1 aliphatic rings. The van der Waals surface area contributed by atoms with Gasteiger partial charge in [-0.15, -0.1) is 0 Å². The van der Waals surface area contributed by atoms with Crippen molar-refractivity contribution in [1.82, 2.24) is 5.32 Å². The summed E-state index contributed by atoms with van der Waals surface area (Å²) in [7, 11) is 2.82. The maximum absolute atomic E-state index is 12.4. The van der Waals surface area contributed by atoms with E-state index < -0.39 is 5.97 Å². The average molecular weight is 464 g/mol. The van der Waals surface area contributed by atoms with Gasteiger partial charge in [0.1, 0.15) is 12.4 Å². The molecule has 33 heavy (non-hydrogen) atoms. The largest absolute Gasteiger partial charge is 0.493 e. The molecule has 8 nitrogen and oxygen atoms in total. The van der Waals surface area contributed by atoms with Crippen LogP contribution in [0.1, 0.15) is 21.9 Å². The van der Waals surface area contributed by atoms with Crippen molar-refractivity contribution in [3.63, 3.8) is 0 Å². The molecular weight excluding hydrogens is 444 g/mol. The number of carbonyl (C=O) groups is 2. The van der Waals surface area contributed by atoms with Gasteiger partial charge >= 0.3 is 5.97 Å². The summed E-state index contributed by atoms with van der Waals surface area (Å²) in [4.78, 5) is 28.8. The number of ether oxygens (including phenoxy) is 3. The van der Waals surface area contributed by atoms with E-state index in [1.54, 1.807) is 24.3 Å². The van der Waals surface area contributed by atoms with Crippen molar-refractivity contribution in [3.8, 4) is 11.5 Å². The number of esters is 1. The molecular formula is C24H20N2O6S. The van der Waals surface area contributed by atoms with Crippen molar-refractivity contribution in [1.29, 1.82) is 0 Å². The van der Waals surface area contributed by atoms with Crippen LogP contribution in [0.15, 0.2) is 75.0 Å². The van der Waals surface area contributed by atoms with Gasteiger partial charge in [-0.25, -0.2) is 9.79 Å². The molecule has 0 radical (unpaired) electrons. The van der Waals surface area contributed by atoms with Crippen LogP contribution >= 0.6 is 11.8 Å². The fourth-order valence-corrected chi connectivity index (χ4v) is 3.80. The van der Waals surface area contributed by atoms with Crippen LogP contribution in [0.25, 0.3) is 6.08 Å². The highest BCUT2D eigenvalue weighted by molar-refractivity contribution is 8.18. The summed E-state index contributed by atoms with van der Waals surface area (Å²) >= 11 is 1.27. The predicted molar refractivity (Wildman–Crippen MR) is 125 cm³/mol. The lowest BCUT2D eigenvalue weighted by Gasteiger charge is -2.10. The van der Waals surface area contributed by atoms with Crippen LogP contribution in [-0.4, -0.2) is 31.3 Å². The lowest BCUT2D eigenvalue weighted by atomic mass is 10.2. The lowest BCUT2D eigenvalue weighted by molar-refractivity contribution is -0.115. The molecule has 4 rings (SSSR count). The van der Waals surface area contributed by atoms with Crippen molar-refractivity contribution < 1.29 is 28.2 Å². The first kappa shape index (κ1) is 22.2. The number of nitrogens with one attached hydrogen (secondary N) is 1. The second kappa shape index (κ2) is 10.1. The Morgan fingerprint density at radius 3 is 2.67 bits per heavy atom. The molecule has 1 saturated heterocycles. The van der Waals surface area contributed by atoms with Gasteiger partial charge in [-0.2, -0.15) is 0 Å². The van der Waals surface area contributed by atoms with Crippen LogP contribution in [0.5, 0.6) is 11.5 Å². The molecule has 1 aromatic heterocycles. The van der Waals surface area contributed by atoms with E-state index in [0.717, 1.165) is 11.3 Å². The molecule has 1 N–H and O–H groups in total. The normalized spacial score (nSPS) is 15.5. The average Bonchev–Trinajstić information content (AvgIpc) is 3.44. The Bertz CT molecular complexity index is 1230. The molecule has 1 aliphatic heterocycles. The number of methoxy groups -OCH3 is 2. The van der Waals surface area contributed by atoms with Crippen LogP contribution in [0.3, 0.4) is 0 Å². The summed E-state index contributed by atoms with van der Waals surface area (Å²) in [5.41, 5.74) is 1.53. The van der Waals surface area contributed by atoms with Gasteiger partial charge in [0, 0.05) is 0 Å². The van der Waals surface area contributed by atoms with Gasteiger partial charge in [-0.1, -0.05) is 24.3 Å². The highest BCUT2D eigenvalue weighted by atomic mass is 32.2. The number of amides is 1. The summed E-state index contributed by atoms with van der Waals surface area (Å²) < 4.78 is 21.2. The highest BCUT2D eigenvalue weighted by Crippen LogP contribution is 2.32. The van der Waals surface area contributed by atoms with Crippen LogP contribution < -0.4 is 14.8 Å². The molecule has 2 aromatic carbocycles. The first-order valence-electron chi connectivity index (χ1n) is 9.88. The Hall–Kier alpha value is -3.98. The fraction of sp³-hybridized carbons (Fsp3) is 0.125. The van der Waals surface area contributed by atoms with Crippen molar-refractivity contribution >= 4 is 40.6 Å². The minimum Gasteiger partial charge on any atom is -0.493 e. The lowest BCUT2D eigenvalue weighted by Crippen LogP contribution is -2.19. The van der Waals surface area contributed by atoms with Gasteiger partial charge in [0.2, 0.25) is 5.76 Å². The van der Waals surface area contributed by atoms with Crippen molar-refractivity contribution in [2.45, 2.75) is 6.61 Å². The second-order valence-corrected chi connectivity index (χ2v) is 7.80. The molecule has 0 bridgehead atoms. The van der Waals surface area contributed by atoms with Crippen LogP contribution in [0, 0.1) is 0 Å². The molecule has 0 saturated carbocycles. The Balaban J connectivity index is 1.46. The number of benzene rings is 2. The molecule has 0 aliphatic carbocycles. The molecule has 0 spiro atoms. The zero-order valence-corrected chi connectivity index (χ0v) is 18.7. The van der Waals surface area contributed by atoms with Gasteiger partial charge in [-0.3, -0.25) is 4.79 Å². The molecule has 3 aromatic rings. The van der Waals surface area contributed by atoms with Crippen LogP contribution in [-0.2, 0) is 16.1 Å². The number of hydrogen-bond donors (Lipinski definition) is 1. The first-order chi connectivity index (χ1) is 16.1. The summed E-state index contributed by atoms with van der Waals surface area (Å²) in [5.74, 6) is 0.784. The first-order valence-corrected chi connectivity index (χ1v) is 10.7. The Morgan fingerprint density at radius 1 is 1.09 bits per heavy atom. The Labute approximate surface area is 194 Å². The van der Waals surface area contributed by atoms with Gasteiger partial charge in [0.05, 0.1) is 24.8 Å². The maximum Gasteiger partial charge on any atom is 0.373 e. The molecule has 1 amide bonds. The second-order valence-electron chi connectivity index (χ2n) is 6.77. The standard InChI is InChI=1S/C24H20N2O6S/c1-29-20-12-15(8-10-18(20)31-14-17-9-11-19(32-17)23(28)30-2)13-21-22(27)26-24(33-21)25-16-6-4-3-5-7-16/h3-13H,14H2,1-2H3,(H,25,26,27)/b21-13+. The van der Waals surface area contributed by atoms with Crippen LogP contribution in [0.4, 0.5) is 5.69 Å². The van der Waals surface area contributed by atoms with Gasteiger partial charge in [0.25, 0.3) is 5.91 Å². The van der Waals surface area contributed by atoms with E-state index >= 15 is 0 Å². The third-order valence-electron chi connectivity index (χ3n) is 4.54. The number of carbonyl (C=O) groups excluding carboxylic acids is 2. The molecule has 0 atom stereocenters. The quantitative estimate of drug-likeness (QED) is 0.405. The molecule has 2 heterocycles. The van der Waals surface area contributed by atoms with E-state index in [9.17, 15) is 9.59 Å². The van der Waals surface area contributed by atoms with E-state index in [2.05, 4.69) is 15.0 Å². The number of nitrogens with zero attached hydrogens (tertiary/aromatic N) is 1. The van der Waals surface area contributed by atoms with Crippen molar-refractivity contribution in [3.05, 3.63) is 82.7 Å². The van der Waals surface area contributed by atoms with E-state index in [1.807, 2.05) is 36.4 Å². The number of thioether (sulfide) groups is 1. The number of rotatable bonds is 7. The smallest absolute Gasteiger partial charge is 0.373 e. The number of amidine groups is 1. The minimum absolute atomic E-state index is 0.103. The summed E-state index contributed by atoms with van der Waals surface area (Å²) in [6.07, 6.45) is 1.76. The molecule has 168 valence electrons. The van der Waals surface area contributed by atoms with E-state index in [-0.39, 0.29) is 18.3 Å². The summed E-state index contributed by atoms with van der Waals surface area (Å²) in [5, 5.41) is 3.29. The maximum atomic E-state index is 12.4. The Kier molecular flexibility index (Phi) is 6.80. The monoisotopic (exact) mass is 464 g/mol. The zero-order valence-electron chi connectivity index (χ0n) is 17.9. The fourth-order valence-electron chi connectivity index (χ4n) is 2.96. The van der Waals surface area contributed by atoms with Crippen molar-refractivity contribution in [2.24, 2.45) is 4.99 Å². The van der Waals surface area contributed by atoms with E-state index in [4.69, 9.17) is 13.9 Å². The Morgan fingerprint density at radius 2 is 1.91 bits per heavy atom. The van der Waals surface area contributed by atoms with Crippen molar-refractivity contribution in [2.75, 3.05) is 14.2 Å². The number of para-hydroxylation sites is 1. The van der Waals surface area contributed by atoms with Gasteiger partial charge in [0.15, 0.2) is 16.7 Å². The predicted octanol–water partition coefficient (Wildman–Crippen LogP) is 4.55. The third kappa shape index (κ3) is 5.45. The highest BCUT2D eigenvalue weighted by Gasteiger charge is 2.24. The van der Waals surface area contributed by atoms with Gasteiger partial charge < -0.3 is 23.9 Å².